The number of rotatable bonds is 5. The fraction of sp³-hybridized carbons (Fsp3) is 0.133. The molecule has 0 saturated carbocycles. The number of nitrogens with zero attached hydrogens (tertiary/aromatic N) is 1. The van der Waals surface area contributed by atoms with E-state index in [9.17, 15) is 27.7 Å². The number of nitro benzene ring substituents is 1. The van der Waals surface area contributed by atoms with E-state index >= 15 is 0 Å². The van der Waals surface area contributed by atoms with Crippen molar-refractivity contribution in [2.75, 3.05) is 11.8 Å². The minimum atomic E-state index is -4.43. The van der Waals surface area contributed by atoms with E-state index < -0.39 is 31.6 Å². The molecule has 0 unspecified atom stereocenters. The Morgan fingerprint density at radius 3 is 2.52 bits per heavy atom. The van der Waals surface area contributed by atoms with Crippen molar-refractivity contribution < 1.29 is 27.3 Å². The number of esters is 1. The Morgan fingerprint density at radius 2 is 1.92 bits per heavy atom. The molecule has 132 valence electrons. The first-order chi connectivity index (χ1) is 11.7. The topological polar surface area (TPSA) is 116 Å². The molecule has 25 heavy (non-hydrogen) atoms. The number of benzene rings is 2. The summed E-state index contributed by atoms with van der Waals surface area (Å²) >= 11 is 0. The van der Waals surface area contributed by atoms with Crippen molar-refractivity contribution in [1.82, 2.24) is 0 Å². The molecule has 1 N–H and O–H groups in total. The standard InChI is InChI=1S/C15H13FN2O6S/c1-9-3-5-11(18(20)21)8-13(9)17-25(22,23)14-7-10(15(19)24-2)4-6-12(14)16/h3-8,17H,1-2H3. The molecule has 0 aliphatic heterocycles. The maximum Gasteiger partial charge on any atom is 0.337 e. The maximum absolute atomic E-state index is 14.0. The molecule has 0 aromatic heterocycles. The van der Waals surface area contributed by atoms with Crippen LogP contribution in [0.2, 0.25) is 0 Å². The second-order valence-corrected chi connectivity index (χ2v) is 6.65. The van der Waals surface area contributed by atoms with E-state index in [1.807, 2.05) is 0 Å². The average Bonchev–Trinajstić information content (AvgIpc) is 2.56. The van der Waals surface area contributed by atoms with Crippen LogP contribution in [-0.2, 0) is 14.8 Å². The Hall–Kier alpha value is -3.01. The fourth-order valence-electron chi connectivity index (χ4n) is 1.99. The molecule has 0 amide bonds. The second kappa shape index (κ2) is 6.85. The van der Waals surface area contributed by atoms with Crippen LogP contribution in [0.3, 0.4) is 0 Å². The number of carbonyl (C=O) groups is 1. The van der Waals surface area contributed by atoms with Crippen LogP contribution in [-0.4, -0.2) is 26.4 Å². The Morgan fingerprint density at radius 1 is 1.24 bits per heavy atom. The van der Waals surface area contributed by atoms with Crippen molar-refractivity contribution in [2.24, 2.45) is 0 Å². The molecule has 2 aromatic rings. The highest BCUT2D eigenvalue weighted by atomic mass is 32.2. The number of nitro groups is 1. The summed E-state index contributed by atoms with van der Waals surface area (Å²) in [5, 5.41) is 10.8. The van der Waals surface area contributed by atoms with Crippen LogP contribution in [0.15, 0.2) is 41.3 Å². The average molecular weight is 368 g/mol. The first-order valence-corrected chi connectivity index (χ1v) is 8.30. The van der Waals surface area contributed by atoms with Gasteiger partial charge in [0.2, 0.25) is 0 Å². The number of hydrogen-bond acceptors (Lipinski definition) is 6. The van der Waals surface area contributed by atoms with Gasteiger partial charge in [-0.25, -0.2) is 17.6 Å². The summed E-state index contributed by atoms with van der Waals surface area (Å²) in [6.07, 6.45) is 0. The lowest BCUT2D eigenvalue weighted by Gasteiger charge is -2.12. The SMILES string of the molecule is COC(=O)c1ccc(F)c(S(=O)(=O)Nc2cc([N+](=O)[O-])ccc2C)c1. The number of anilines is 1. The number of ether oxygens (including phenoxy) is 1. The van der Waals surface area contributed by atoms with Crippen molar-refractivity contribution in [3.05, 3.63) is 63.5 Å². The molecule has 8 nitrogen and oxygen atoms in total. The summed E-state index contributed by atoms with van der Waals surface area (Å²) in [5.41, 5.74) is -0.150. The number of methoxy groups -OCH3 is 1. The number of halogens is 1. The van der Waals surface area contributed by atoms with Gasteiger partial charge in [-0.3, -0.25) is 14.8 Å². The Bertz CT molecular complexity index is 958. The van der Waals surface area contributed by atoms with Gasteiger partial charge in [-0.15, -0.1) is 0 Å². The normalized spacial score (nSPS) is 11.0. The van der Waals surface area contributed by atoms with E-state index in [0.717, 1.165) is 31.4 Å². The molecule has 0 fully saturated rings. The van der Waals surface area contributed by atoms with E-state index in [1.54, 1.807) is 0 Å². The largest absolute Gasteiger partial charge is 0.465 e. The molecular formula is C15H13FN2O6S. The van der Waals surface area contributed by atoms with E-state index in [4.69, 9.17) is 0 Å². The van der Waals surface area contributed by atoms with Gasteiger partial charge in [0, 0.05) is 12.1 Å². The predicted octanol–water partition coefficient (Wildman–Crippen LogP) is 2.63. The number of carbonyl (C=O) groups excluding carboxylic acids is 1. The quantitative estimate of drug-likeness (QED) is 0.493. The number of non-ortho nitro benzene ring substituents is 1. The molecule has 0 heterocycles. The number of aryl methyl sites for hydroxylation is 1. The third-order valence-electron chi connectivity index (χ3n) is 3.32. The van der Waals surface area contributed by atoms with E-state index in [2.05, 4.69) is 9.46 Å². The number of sulfonamides is 1. The Balaban J connectivity index is 2.48. The van der Waals surface area contributed by atoms with Crippen molar-refractivity contribution in [3.8, 4) is 0 Å². The molecule has 0 saturated heterocycles. The van der Waals surface area contributed by atoms with Gasteiger partial charge in [0.15, 0.2) is 0 Å². The van der Waals surface area contributed by atoms with Gasteiger partial charge in [-0.2, -0.15) is 0 Å². The van der Waals surface area contributed by atoms with Crippen molar-refractivity contribution in [3.63, 3.8) is 0 Å². The summed E-state index contributed by atoms with van der Waals surface area (Å²) in [4.78, 5) is 20.9. The van der Waals surface area contributed by atoms with Crippen LogP contribution in [0.1, 0.15) is 15.9 Å². The van der Waals surface area contributed by atoms with Gasteiger partial charge < -0.3 is 4.74 Å². The van der Waals surface area contributed by atoms with E-state index in [-0.39, 0.29) is 16.9 Å². The molecule has 2 aromatic carbocycles. The van der Waals surface area contributed by atoms with Crippen LogP contribution in [0, 0.1) is 22.9 Å². The lowest BCUT2D eigenvalue weighted by Crippen LogP contribution is -2.16. The minimum Gasteiger partial charge on any atom is -0.465 e. The monoisotopic (exact) mass is 368 g/mol. The highest BCUT2D eigenvalue weighted by Gasteiger charge is 2.23. The summed E-state index contributed by atoms with van der Waals surface area (Å²) < 4.78 is 45.4. The number of hydrogen-bond donors (Lipinski definition) is 1. The molecule has 0 bridgehead atoms. The zero-order valence-electron chi connectivity index (χ0n) is 13.1. The number of nitrogens with one attached hydrogen (secondary N) is 1. The highest BCUT2D eigenvalue weighted by molar-refractivity contribution is 7.92. The summed E-state index contributed by atoms with van der Waals surface area (Å²) in [7, 11) is -3.33. The maximum atomic E-state index is 14.0. The van der Waals surface area contributed by atoms with Gasteiger partial charge >= 0.3 is 5.97 Å². The molecule has 2 rings (SSSR count). The molecule has 0 radical (unpaired) electrons. The fourth-order valence-corrected chi connectivity index (χ4v) is 3.21. The first kappa shape index (κ1) is 18.3. The molecular weight excluding hydrogens is 355 g/mol. The first-order valence-electron chi connectivity index (χ1n) is 6.81. The van der Waals surface area contributed by atoms with Crippen LogP contribution < -0.4 is 4.72 Å². The molecule has 0 aliphatic rings. The predicted molar refractivity (Wildman–Crippen MR) is 86.4 cm³/mol. The summed E-state index contributed by atoms with van der Waals surface area (Å²) in [5.74, 6) is -1.91. The van der Waals surface area contributed by atoms with Gasteiger partial charge in [-0.1, -0.05) is 6.07 Å². The van der Waals surface area contributed by atoms with E-state index in [1.165, 1.54) is 19.1 Å². The zero-order valence-corrected chi connectivity index (χ0v) is 14.0. The highest BCUT2D eigenvalue weighted by Crippen LogP contribution is 2.26. The zero-order chi connectivity index (χ0) is 18.8. The molecule has 0 aliphatic carbocycles. The van der Waals surface area contributed by atoms with Gasteiger partial charge in [-0.05, 0) is 30.7 Å². The Labute approximate surface area is 142 Å². The van der Waals surface area contributed by atoms with Gasteiger partial charge in [0.1, 0.15) is 10.7 Å². The summed E-state index contributed by atoms with van der Waals surface area (Å²) in [6, 6.07) is 6.33. The lowest BCUT2D eigenvalue weighted by atomic mass is 10.2. The third kappa shape index (κ3) is 3.91. The molecule has 0 spiro atoms. The van der Waals surface area contributed by atoms with Gasteiger partial charge in [0.25, 0.3) is 15.7 Å². The van der Waals surface area contributed by atoms with Gasteiger partial charge in [0.05, 0.1) is 23.3 Å². The lowest BCUT2D eigenvalue weighted by molar-refractivity contribution is -0.384. The Kier molecular flexibility index (Phi) is 5.02. The van der Waals surface area contributed by atoms with Crippen molar-refractivity contribution in [2.45, 2.75) is 11.8 Å². The smallest absolute Gasteiger partial charge is 0.337 e. The summed E-state index contributed by atoms with van der Waals surface area (Å²) in [6.45, 7) is 1.53. The molecule has 0 atom stereocenters. The van der Waals surface area contributed by atoms with Crippen molar-refractivity contribution in [1.29, 1.82) is 0 Å². The minimum absolute atomic E-state index is 0.0722. The molecule has 10 heteroatoms. The van der Waals surface area contributed by atoms with Crippen LogP contribution >= 0.6 is 0 Å². The van der Waals surface area contributed by atoms with Crippen LogP contribution in [0.4, 0.5) is 15.8 Å². The third-order valence-corrected chi connectivity index (χ3v) is 4.70. The second-order valence-electron chi connectivity index (χ2n) is 5.00. The van der Waals surface area contributed by atoms with E-state index in [0.29, 0.717) is 5.56 Å². The van der Waals surface area contributed by atoms with Crippen LogP contribution in [0.5, 0.6) is 0 Å². The van der Waals surface area contributed by atoms with Crippen molar-refractivity contribution >= 4 is 27.4 Å². The van der Waals surface area contributed by atoms with Crippen LogP contribution in [0.25, 0.3) is 0 Å².